The van der Waals surface area contributed by atoms with Gasteiger partial charge in [0.2, 0.25) is 0 Å². The van der Waals surface area contributed by atoms with Gasteiger partial charge in [0.25, 0.3) is 5.91 Å². The van der Waals surface area contributed by atoms with E-state index in [0.29, 0.717) is 16.9 Å². The fraction of sp³-hybridized carbons (Fsp3) is 0.143. The summed E-state index contributed by atoms with van der Waals surface area (Å²) in [6.07, 6.45) is 2.84. The number of hydrogen-bond donors (Lipinski definition) is 2. The predicted molar refractivity (Wildman–Crippen MR) is 71.3 cm³/mol. The number of nitrogens with one attached hydrogen (secondary N) is 1. The lowest BCUT2D eigenvalue weighted by Gasteiger charge is -2.02. The first-order chi connectivity index (χ1) is 9.09. The second-order valence-corrected chi connectivity index (χ2v) is 4.10. The number of hydrazone groups is 1. The Kier molecular flexibility index (Phi) is 3.66. The van der Waals surface area contributed by atoms with Gasteiger partial charge in [-0.3, -0.25) is 4.79 Å². The van der Waals surface area contributed by atoms with Crippen molar-refractivity contribution >= 4 is 12.1 Å². The number of carbonyl (C=O) groups excluding carboxylic acids is 1. The highest BCUT2D eigenvalue weighted by Crippen LogP contribution is 2.19. The van der Waals surface area contributed by atoms with Crippen LogP contribution in [0.4, 0.5) is 0 Å². The van der Waals surface area contributed by atoms with Gasteiger partial charge in [0.15, 0.2) is 0 Å². The van der Waals surface area contributed by atoms with E-state index in [0.717, 1.165) is 5.56 Å². The summed E-state index contributed by atoms with van der Waals surface area (Å²) in [4.78, 5) is 11.7. The number of phenols is 1. The molecule has 0 fully saturated rings. The number of phenolic OH excluding ortho intramolecular Hbond substituents is 1. The Bertz CT molecular complexity index is 629. The molecule has 1 amide bonds. The van der Waals surface area contributed by atoms with Crippen LogP contribution in [0.25, 0.3) is 0 Å². The van der Waals surface area contributed by atoms with Gasteiger partial charge < -0.3 is 9.52 Å². The summed E-state index contributed by atoms with van der Waals surface area (Å²) in [5.41, 5.74) is 4.11. The molecule has 0 saturated heterocycles. The Morgan fingerprint density at radius 2 is 2.16 bits per heavy atom. The Hall–Kier alpha value is -2.56. The lowest BCUT2D eigenvalue weighted by atomic mass is 10.1. The van der Waals surface area contributed by atoms with Crippen LogP contribution in [-0.4, -0.2) is 17.2 Å². The summed E-state index contributed by atoms with van der Waals surface area (Å²) in [6, 6.07) is 6.88. The maximum Gasteiger partial charge on any atom is 0.274 e. The van der Waals surface area contributed by atoms with Crippen LogP contribution in [0, 0.1) is 13.8 Å². The first-order valence-corrected chi connectivity index (χ1v) is 5.75. The number of hydrogen-bond acceptors (Lipinski definition) is 4. The van der Waals surface area contributed by atoms with Crippen LogP contribution in [0.2, 0.25) is 0 Å². The third kappa shape index (κ3) is 2.82. The minimum Gasteiger partial charge on any atom is -0.507 e. The monoisotopic (exact) mass is 258 g/mol. The second kappa shape index (κ2) is 5.39. The third-order valence-corrected chi connectivity index (χ3v) is 2.74. The molecule has 5 heteroatoms. The average molecular weight is 258 g/mol. The number of furan rings is 1. The van der Waals surface area contributed by atoms with Gasteiger partial charge in [-0.1, -0.05) is 12.1 Å². The fourth-order valence-corrected chi connectivity index (χ4v) is 1.63. The first kappa shape index (κ1) is 12.9. The highest BCUT2D eigenvalue weighted by Gasteiger charge is 2.10. The predicted octanol–water partition coefficient (Wildman–Crippen LogP) is 2.37. The highest BCUT2D eigenvalue weighted by atomic mass is 16.3. The molecule has 0 aliphatic rings. The van der Waals surface area contributed by atoms with Crippen LogP contribution in [0.5, 0.6) is 5.75 Å². The lowest BCUT2D eigenvalue weighted by Crippen LogP contribution is -2.17. The van der Waals surface area contributed by atoms with E-state index in [1.54, 1.807) is 38.1 Å². The molecule has 0 bridgehead atoms. The van der Waals surface area contributed by atoms with Crippen molar-refractivity contribution in [3.8, 4) is 5.75 Å². The van der Waals surface area contributed by atoms with Crippen LogP contribution in [-0.2, 0) is 0 Å². The van der Waals surface area contributed by atoms with E-state index in [9.17, 15) is 9.90 Å². The Morgan fingerprint density at radius 3 is 2.84 bits per heavy atom. The van der Waals surface area contributed by atoms with Crippen molar-refractivity contribution in [2.75, 3.05) is 0 Å². The molecular weight excluding hydrogens is 244 g/mol. The molecule has 5 nitrogen and oxygen atoms in total. The van der Waals surface area contributed by atoms with E-state index in [2.05, 4.69) is 10.5 Å². The largest absolute Gasteiger partial charge is 0.507 e. The SMILES string of the molecule is Cc1cccc(/C=N\NC(=O)c2ccoc2C)c1O. The van der Waals surface area contributed by atoms with Crippen LogP contribution < -0.4 is 5.43 Å². The average Bonchev–Trinajstić information content (AvgIpc) is 2.81. The molecule has 0 unspecified atom stereocenters. The third-order valence-electron chi connectivity index (χ3n) is 2.74. The smallest absolute Gasteiger partial charge is 0.274 e. The maximum atomic E-state index is 11.7. The molecule has 2 rings (SSSR count). The molecule has 1 heterocycles. The number of para-hydroxylation sites is 1. The molecule has 0 saturated carbocycles. The summed E-state index contributed by atoms with van der Waals surface area (Å²) in [5, 5.41) is 13.6. The van der Waals surface area contributed by atoms with Crippen molar-refractivity contribution in [2.45, 2.75) is 13.8 Å². The van der Waals surface area contributed by atoms with Crippen LogP contribution >= 0.6 is 0 Å². The maximum absolute atomic E-state index is 11.7. The zero-order valence-electron chi connectivity index (χ0n) is 10.7. The van der Waals surface area contributed by atoms with Gasteiger partial charge in [-0.05, 0) is 31.5 Å². The number of nitrogens with zero attached hydrogens (tertiary/aromatic N) is 1. The van der Waals surface area contributed by atoms with Crippen molar-refractivity contribution in [1.82, 2.24) is 5.43 Å². The zero-order valence-corrected chi connectivity index (χ0v) is 10.7. The number of rotatable bonds is 3. The van der Waals surface area contributed by atoms with Gasteiger partial charge >= 0.3 is 0 Å². The number of aromatic hydroxyl groups is 1. The van der Waals surface area contributed by atoms with Gasteiger partial charge in [-0.2, -0.15) is 5.10 Å². The molecule has 0 aliphatic heterocycles. The lowest BCUT2D eigenvalue weighted by molar-refractivity contribution is 0.0953. The van der Waals surface area contributed by atoms with Crippen LogP contribution in [0.3, 0.4) is 0 Å². The second-order valence-electron chi connectivity index (χ2n) is 4.10. The molecule has 0 radical (unpaired) electrons. The van der Waals surface area contributed by atoms with Crippen molar-refractivity contribution in [3.63, 3.8) is 0 Å². The van der Waals surface area contributed by atoms with E-state index in [-0.39, 0.29) is 11.7 Å². The van der Waals surface area contributed by atoms with Gasteiger partial charge in [-0.15, -0.1) is 0 Å². The van der Waals surface area contributed by atoms with Crippen molar-refractivity contribution in [3.05, 3.63) is 53.0 Å². The summed E-state index contributed by atoms with van der Waals surface area (Å²) in [7, 11) is 0. The number of carbonyl (C=O) groups is 1. The Labute approximate surface area is 110 Å². The minimum atomic E-state index is -0.352. The normalized spacial score (nSPS) is 10.8. The van der Waals surface area contributed by atoms with Crippen LogP contribution in [0.1, 0.15) is 27.2 Å². The minimum absolute atomic E-state index is 0.153. The number of benzene rings is 1. The molecule has 0 atom stereocenters. The van der Waals surface area contributed by atoms with Gasteiger partial charge in [0.05, 0.1) is 18.0 Å². The fourth-order valence-electron chi connectivity index (χ4n) is 1.63. The first-order valence-electron chi connectivity index (χ1n) is 5.75. The van der Waals surface area contributed by atoms with E-state index in [1.807, 2.05) is 0 Å². The molecule has 19 heavy (non-hydrogen) atoms. The molecule has 2 aromatic rings. The molecule has 1 aromatic carbocycles. The summed E-state index contributed by atoms with van der Waals surface area (Å²) < 4.78 is 5.03. The van der Waals surface area contributed by atoms with Crippen LogP contribution in [0.15, 0.2) is 40.0 Å². The molecule has 0 aliphatic carbocycles. The molecular formula is C14H14N2O3. The van der Waals surface area contributed by atoms with Gasteiger partial charge in [0, 0.05) is 5.56 Å². The van der Waals surface area contributed by atoms with E-state index in [4.69, 9.17) is 4.42 Å². The van der Waals surface area contributed by atoms with E-state index < -0.39 is 0 Å². The molecule has 2 N–H and O–H groups in total. The summed E-state index contributed by atoms with van der Waals surface area (Å²) >= 11 is 0. The Balaban J connectivity index is 2.07. The standard InChI is InChI=1S/C14H14N2O3/c1-9-4-3-5-11(13(9)17)8-15-16-14(18)12-6-7-19-10(12)2/h3-8,17H,1-2H3,(H,16,18)/b15-8-. The molecule has 98 valence electrons. The zero-order chi connectivity index (χ0) is 13.8. The van der Waals surface area contributed by atoms with Gasteiger partial charge in [0.1, 0.15) is 11.5 Å². The summed E-state index contributed by atoms with van der Waals surface area (Å²) in [6.45, 7) is 3.49. The van der Waals surface area contributed by atoms with Crippen molar-refractivity contribution < 1.29 is 14.3 Å². The summed E-state index contributed by atoms with van der Waals surface area (Å²) in [5.74, 6) is 0.334. The van der Waals surface area contributed by atoms with Gasteiger partial charge in [-0.25, -0.2) is 5.43 Å². The topological polar surface area (TPSA) is 74.8 Å². The number of aryl methyl sites for hydroxylation is 2. The van der Waals surface area contributed by atoms with Crippen molar-refractivity contribution in [1.29, 1.82) is 0 Å². The number of amides is 1. The molecule has 1 aromatic heterocycles. The van der Waals surface area contributed by atoms with Crippen molar-refractivity contribution in [2.24, 2.45) is 5.10 Å². The van der Waals surface area contributed by atoms with E-state index >= 15 is 0 Å². The quantitative estimate of drug-likeness (QED) is 0.655. The highest BCUT2D eigenvalue weighted by molar-refractivity contribution is 5.95. The Morgan fingerprint density at radius 1 is 1.37 bits per heavy atom. The molecule has 0 spiro atoms. The van der Waals surface area contributed by atoms with E-state index in [1.165, 1.54) is 12.5 Å².